The normalized spacial score (nSPS) is 23.6. The minimum absolute atomic E-state index is 0.130. The Morgan fingerprint density at radius 3 is 2.41 bits per heavy atom. The average Bonchev–Trinajstić information content (AvgIpc) is 2.79. The summed E-state index contributed by atoms with van der Waals surface area (Å²) in [5.74, 6) is -1.29. The van der Waals surface area contributed by atoms with Gasteiger partial charge in [0, 0.05) is 31.8 Å². The van der Waals surface area contributed by atoms with Crippen molar-refractivity contribution < 1.29 is 14.3 Å². The SMILES string of the molecule is CCOc1ccc([C@@H]2[C@H]3CN(C(C)=O)CC=C3[C@@H](C#N)C(=N)C2(C#N)C#N)cc1OCC. The van der Waals surface area contributed by atoms with E-state index in [2.05, 4.69) is 18.2 Å². The Balaban J connectivity index is 2.24. The molecule has 8 heteroatoms. The number of nitrogens with zero attached hydrogens (tertiary/aromatic N) is 4. The summed E-state index contributed by atoms with van der Waals surface area (Å²) in [6.45, 7) is 6.61. The molecular weight excluding hydrogens is 406 g/mol. The van der Waals surface area contributed by atoms with Gasteiger partial charge < -0.3 is 19.8 Å². The van der Waals surface area contributed by atoms with Gasteiger partial charge in [-0.05, 0) is 37.1 Å². The second-order valence-electron chi connectivity index (χ2n) is 7.79. The number of amides is 1. The number of hydrogen-bond donors (Lipinski definition) is 1. The summed E-state index contributed by atoms with van der Waals surface area (Å²) in [6, 6.07) is 11.5. The Morgan fingerprint density at radius 1 is 1.19 bits per heavy atom. The lowest BCUT2D eigenvalue weighted by Crippen LogP contribution is -2.53. The molecule has 8 nitrogen and oxygen atoms in total. The van der Waals surface area contributed by atoms with E-state index < -0.39 is 23.2 Å². The molecule has 0 spiro atoms. The van der Waals surface area contributed by atoms with Gasteiger partial charge >= 0.3 is 0 Å². The van der Waals surface area contributed by atoms with Gasteiger partial charge in [0.1, 0.15) is 5.92 Å². The number of nitrogens with one attached hydrogen (secondary N) is 1. The molecule has 1 heterocycles. The minimum atomic E-state index is -1.85. The van der Waals surface area contributed by atoms with Crippen LogP contribution in [-0.2, 0) is 4.79 Å². The van der Waals surface area contributed by atoms with Gasteiger partial charge in [0.05, 0.1) is 37.1 Å². The summed E-state index contributed by atoms with van der Waals surface area (Å²) in [5, 5.41) is 38.8. The van der Waals surface area contributed by atoms with E-state index in [9.17, 15) is 20.6 Å². The van der Waals surface area contributed by atoms with Crippen molar-refractivity contribution in [2.45, 2.75) is 26.7 Å². The fourth-order valence-electron chi connectivity index (χ4n) is 4.70. The number of ether oxygens (including phenoxy) is 2. The predicted molar refractivity (Wildman–Crippen MR) is 116 cm³/mol. The maximum atomic E-state index is 12.1. The van der Waals surface area contributed by atoms with E-state index in [1.54, 1.807) is 29.2 Å². The number of carbonyl (C=O) groups excluding carboxylic acids is 1. The van der Waals surface area contributed by atoms with Crippen LogP contribution in [0, 0.1) is 56.7 Å². The number of carbonyl (C=O) groups is 1. The summed E-state index contributed by atoms with van der Waals surface area (Å²) in [7, 11) is 0. The molecule has 0 saturated heterocycles. The minimum Gasteiger partial charge on any atom is -0.490 e. The summed E-state index contributed by atoms with van der Waals surface area (Å²) in [6.07, 6.45) is 1.79. The number of rotatable bonds is 5. The van der Waals surface area contributed by atoms with Gasteiger partial charge in [-0.2, -0.15) is 15.8 Å². The van der Waals surface area contributed by atoms with Crippen LogP contribution in [-0.4, -0.2) is 42.8 Å². The molecule has 1 fully saturated rings. The first kappa shape index (κ1) is 22.8. The quantitative estimate of drug-likeness (QED) is 0.712. The fraction of sp³-hybridized carbons (Fsp3) is 0.458. The van der Waals surface area contributed by atoms with Crippen LogP contribution in [0.4, 0.5) is 0 Å². The molecule has 0 aromatic heterocycles. The number of hydrogen-bond acceptors (Lipinski definition) is 7. The van der Waals surface area contributed by atoms with Crippen LogP contribution >= 0.6 is 0 Å². The zero-order valence-corrected chi connectivity index (χ0v) is 18.4. The molecule has 1 aliphatic carbocycles. The predicted octanol–water partition coefficient (Wildman–Crippen LogP) is 3.18. The van der Waals surface area contributed by atoms with Gasteiger partial charge in [-0.25, -0.2) is 0 Å². The number of nitriles is 3. The van der Waals surface area contributed by atoms with E-state index >= 15 is 0 Å². The molecular formula is C24H25N5O3. The molecule has 3 atom stereocenters. The Hall–Kier alpha value is -3.83. The molecule has 2 aliphatic rings. The molecule has 1 aliphatic heterocycles. The highest BCUT2D eigenvalue weighted by molar-refractivity contribution is 6.01. The fourth-order valence-corrected chi connectivity index (χ4v) is 4.70. The lowest BCUT2D eigenvalue weighted by Gasteiger charge is -2.47. The van der Waals surface area contributed by atoms with Crippen LogP contribution in [0.2, 0.25) is 0 Å². The Kier molecular flexibility index (Phi) is 6.51. The topological polar surface area (TPSA) is 134 Å². The Bertz CT molecular complexity index is 1070. The van der Waals surface area contributed by atoms with Crippen LogP contribution in [0.3, 0.4) is 0 Å². The third-order valence-corrected chi connectivity index (χ3v) is 6.16. The second-order valence-corrected chi connectivity index (χ2v) is 7.79. The van der Waals surface area contributed by atoms with Crippen molar-refractivity contribution in [2.75, 3.05) is 26.3 Å². The molecule has 1 N–H and O–H groups in total. The highest BCUT2D eigenvalue weighted by Gasteiger charge is 2.58. The van der Waals surface area contributed by atoms with E-state index in [-0.39, 0.29) is 18.2 Å². The molecule has 1 aromatic carbocycles. The van der Waals surface area contributed by atoms with Gasteiger partial charge in [0.2, 0.25) is 5.91 Å². The molecule has 0 bridgehead atoms. The van der Waals surface area contributed by atoms with Crippen LogP contribution in [0.5, 0.6) is 11.5 Å². The van der Waals surface area contributed by atoms with Crippen LogP contribution < -0.4 is 9.47 Å². The monoisotopic (exact) mass is 431 g/mol. The summed E-state index contributed by atoms with van der Waals surface area (Å²) in [5.41, 5.74) is -0.755. The average molecular weight is 431 g/mol. The van der Waals surface area contributed by atoms with Crippen molar-refractivity contribution >= 4 is 11.6 Å². The molecule has 0 unspecified atom stereocenters. The number of benzene rings is 1. The number of fused-ring (bicyclic) bond motifs is 1. The summed E-state index contributed by atoms with van der Waals surface area (Å²) in [4.78, 5) is 13.7. The molecule has 1 saturated carbocycles. The first-order valence-corrected chi connectivity index (χ1v) is 10.5. The molecule has 3 rings (SSSR count). The maximum absolute atomic E-state index is 12.1. The van der Waals surface area contributed by atoms with Crippen molar-refractivity contribution in [1.82, 2.24) is 4.90 Å². The first-order valence-electron chi connectivity index (χ1n) is 10.5. The lowest BCUT2D eigenvalue weighted by atomic mass is 9.54. The second kappa shape index (κ2) is 9.12. The zero-order chi connectivity index (χ0) is 23.5. The highest BCUT2D eigenvalue weighted by atomic mass is 16.5. The van der Waals surface area contributed by atoms with E-state index in [0.717, 1.165) is 0 Å². The molecule has 1 amide bonds. The third kappa shape index (κ3) is 3.57. The molecule has 0 radical (unpaired) electrons. The largest absolute Gasteiger partial charge is 0.490 e. The van der Waals surface area contributed by atoms with Gasteiger partial charge in [-0.3, -0.25) is 4.79 Å². The summed E-state index contributed by atoms with van der Waals surface area (Å²) < 4.78 is 11.4. The van der Waals surface area contributed by atoms with Crippen LogP contribution in [0.25, 0.3) is 0 Å². The van der Waals surface area contributed by atoms with Crippen LogP contribution in [0.15, 0.2) is 29.8 Å². The Labute approximate surface area is 187 Å². The lowest BCUT2D eigenvalue weighted by molar-refractivity contribution is -0.129. The molecule has 164 valence electrons. The van der Waals surface area contributed by atoms with Gasteiger partial charge in [-0.1, -0.05) is 12.1 Å². The van der Waals surface area contributed by atoms with Crippen molar-refractivity contribution in [1.29, 1.82) is 21.2 Å². The van der Waals surface area contributed by atoms with Crippen molar-refractivity contribution in [3.8, 4) is 29.7 Å². The zero-order valence-electron chi connectivity index (χ0n) is 18.4. The molecule has 1 aromatic rings. The third-order valence-electron chi connectivity index (χ3n) is 6.16. The summed E-state index contributed by atoms with van der Waals surface area (Å²) >= 11 is 0. The van der Waals surface area contributed by atoms with Gasteiger partial charge in [-0.15, -0.1) is 0 Å². The van der Waals surface area contributed by atoms with Gasteiger partial charge in [0.15, 0.2) is 16.9 Å². The first-order chi connectivity index (χ1) is 15.4. The van der Waals surface area contributed by atoms with Crippen molar-refractivity contribution in [2.24, 2.45) is 17.3 Å². The van der Waals surface area contributed by atoms with Gasteiger partial charge in [0.25, 0.3) is 0 Å². The standard InChI is InChI=1S/C24H25N5O3/c1-4-31-20-7-6-16(10-21(20)32-5-2)22-19-12-29(15(3)30)9-8-17(19)18(11-25)23(28)24(22,13-26)14-27/h6-8,10,18-19,22,28H,4-5,9,12H2,1-3H3/t18-,19+,22-/m1/s1. The van der Waals surface area contributed by atoms with Crippen molar-refractivity contribution in [3.05, 3.63) is 35.4 Å². The molecule has 32 heavy (non-hydrogen) atoms. The van der Waals surface area contributed by atoms with E-state index in [4.69, 9.17) is 14.9 Å². The van der Waals surface area contributed by atoms with E-state index in [1.807, 2.05) is 13.8 Å². The van der Waals surface area contributed by atoms with Crippen molar-refractivity contribution in [3.63, 3.8) is 0 Å². The van der Waals surface area contributed by atoms with E-state index in [0.29, 0.717) is 42.4 Å². The smallest absolute Gasteiger partial charge is 0.219 e. The maximum Gasteiger partial charge on any atom is 0.219 e. The van der Waals surface area contributed by atoms with E-state index in [1.165, 1.54) is 6.92 Å². The highest BCUT2D eigenvalue weighted by Crippen LogP contribution is 2.54. The van der Waals surface area contributed by atoms with Crippen LogP contribution in [0.1, 0.15) is 32.3 Å². The Morgan fingerprint density at radius 2 is 1.84 bits per heavy atom.